The summed E-state index contributed by atoms with van der Waals surface area (Å²) in [6.07, 6.45) is 0. The summed E-state index contributed by atoms with van der Waals surface area (Å²) in [6.45, 7) is 0. The normalized spacial score (nSPS) is 10.1. The quantitative estimate of drug-likeness (QED) is 0.809. The van der Waals surface area contributed by atoms with Crippen molar-refractivity contribution in [1.29, 1.82) is 0 Å². The van der Waals surface area contributed by atoms with E-state index in [4.69, 9.17) is 5.11 Å². The maximum Gasteiger partial charge on any atom is 0.353 e. The number of carboxylic acid groups (broad SMARTS) is 1. The summed E-state index contributed by atoms with van der Waals surface area (Å²) < 4.78 is 0.781. The van der Waals surface area contributed by atoms with E-state index in [0.29, 0.717) is 5.56 Å². The molecule has 0 radical (unpaired) electrons. The molecule has 3 N–H and O–H groups in total. The monoisotopic (exact) mass is 309 g/mol. The third kappa shape index (κ3) is 2.75. The molecule has 0 unspecified atom stereocenters. The number of hydrogen-bond donors (Lipinski definition) is 3. The van der Waals surface area contributed by atoms with Crippen molar-refractivity contribution in [2.45, 2.75) is 0 Å². The molecule has 0 aliphatic rings. The van der Waals surface area contributed by atoms with Gasteiger partial charge in [-0.05, 0) is 18.2 Å². The molecule has 1 aromatic carbocycles. The number of hydrogen-bond acceptors (Lipinski definition) is 3. The minimum Gasteiger partial charge on any atom is -0.477 e. The van der Waals surface area contributed by atoms with Crippen LogP contribution in [0.4, 0.5) is 5.82 Å². The first kappa shape index (κ1) is 12.3. The average Bonchev–Trinajstić information content (AvgIpc) is 2.77. The number of aromatic carboxylic acids is 1. The molecule has 0 aliphatic heterocycles. The molecule has 2 aromatic rings. The van der Waals surface area contributed by atoms with Gasteiger partial charge in [0.15, 0.2) is 5.82 Å². The number of benzene rings is 1. The Balaban J connectivity index is 2.13. The van der Waals surface area contributed by atoms with Gasteiger partial charge in [0.25, 0.3) is 5.91 Å². The van der Waals surface area contributed by atoms with Crippen LogP contribution >= 0.6 is 15.9 Å². The van der Waals surface area contributed by atoms with Gasteiger partial charge < -0.3 is 10.4 Å². The Morgan fingerprint density at radius 3 is 2.72 bits per heavy atom. The van der Waals surface area contributed by atoms with E-state index in [1.54, 1.807) is 24.3 Å². The summed E-state index contributed by atoms with van der Waals surface area (Å²) in [6, 6.07) is 8.07. The van der Waals surface area contributed by atoms with Crippen LogP contribution < -0.4 is 5.32 Å². The second-order valence-electron chi connectivity index (χ2n) is 3.44. The largest absolute Gasteiger partial charge is 0.477 e. The number of anilines is 1. The second-order valence-corrected chi connectivity index (χ2v) is 4.35. The number of aromatic amines is 1. The van der Waals surface area contributed by atoms with Crippen LogP contribution in [-0.2, 0) is 0 Å². The van der Waals surface area contributed by atoms with Gasteiger partial charge in [-0.1, -0.05) is 22.0 Å². The number of carboxylic acids is 1. The van der Waals surface area contributed by atoms with Crippen molar-refractivity contribution in [3.63, 3.8) is 0 Å². The first-order chi connectivity index (χ1) is 8.56. The van der Waals surface area contributed by atoms with Gasteiger partial charge in [0, 0.05) is 16.1 Å². The van der Waals surface area contributed by atoms with Crippen molar-refractivity contribution in [2.24, 2.45) is 0 Å². The van der Waals surface area contributed by atoms with E-state index < -0.39 is 5.97 Å². The zero-order chi connectivity index (χ0) is 13.1. The second kappa shape index (κ2) is 5.01. The fourth-order valence-electron chi connectivity index (χ4n) is 1.31. The number of carbonyl (C=O) groups is 2. The minimum absolute atomic E-state index is 0.0838. The Hall–Kier alpha value is -2.15. The summed E-state index contributed by atoms with van der Waals surface area (Å²) in [5.41, 5.74) is 0.365. The predicted octanol–water partition coefficient (Wildman–Crippen LogP) is 2.12. The van der Waals surface area contributed by atoms with Crippen molar-refractivity contribution in [3.8, 4) is 0 Å². The Kier molecular flexibility index (Phi) is 3.42. The van der Waals surface area contributed by atoms with E-state index >= 15 is 0 Å². The third-order valence-corrected chi connectivity index (χ3v) is 2.63. The van der Waals surface area contributed by atoms with Gasteiger partial charge in [0.1, 0.15) is 5.69 Å². The van der Waals surface area contributed by atoms with Crippen LogP contribution in [0.15, 0.2) is 34.8 Å². The van der Waals surface area contributed by atoms with Crippen molar-refractivity contribution < 1.29 is 14.7 Å². The highest BCUT2D eigenvalue weighted by Crippen LogP contribution is 2.13. The molecular weight excluding hydrogens is 302 g/mol. The molecule has 0 saturated carbocycles. The van der Waals surface area contributed by atoms with E-state index in [2.05, 4.69) is 31.4 Å². The molecule has 0 spiro atoms. The van der Waals surface area contributed by atoms with E-state index in [1.807, 2.05) is 0 Å². The van der Waals surface area contributed by atoms with Crippen LogP contribution in [-0.4, -0.2) is 27.2 Å². The molecule has 1 aromatic heterocycles. The molecule has 0 atom stereocenters. The summed E-state index contributed by atoms with van der Waals surface area (Å²) in [5, 5.41) is 17.2. The molecule has 2 rings (SSSR count). The van der Waals surface area contributed by atoms with E-state index in [-0.39, 0.29) is 17.4 Å². The topological polar surface area (TPSA) is 95.1 Å². The molecular formula is C11H8BrN3O3. The Morgan fingerprint density at radius 2 is 2.11 bits per heavy atom. The van der Waals surface area contributed by atoms with Crippen molar-refractivity contribution >= 4 is 33.6 Å². The van der Waals surface area contributed by atoms with Gasteiger partial charge in [-0.15, -0.1) is 0 Å². The molecule has 7 heteroatoms. The molecule has 0 bridgehead atoms. The lowest BCUT2D eigenvalue weighted by Gasteiger charge is -2.01. The van der Waals surface area contributed by atoms with Crippen molar-refractivity contribution in [3.05, 3.63) is 46.1 Å². The minimum atomic E-state index is -1.13. The number of H-pyrrole nitrogens is 1. The number of nitrogens with one attached hydrogen (secondary N) is 2. The van der Waals surface area contributed by atoms with Crippen molar-refractivity contribution in [1.82, 2.24) is 10.2 Å². The molecule has 0 fully saturated rings. The van der Waals surface area contributed by atoms with Gasteiger partial charge >= 0.3 is 5.97 Å². The van der Waals surface area contributed by atoms with Crippen LogP contribution in [0, 0.1) is 0 Å². The van der Waals surface area contributed by atoms with Gasteiger partial charge in [0.2, 0.25) is 0 Å². The lowest BCUT2D eigenvalue weighted by molar-refractivity contribution is 0.0690. The lowest BCUT2D eigenvalue weighted by atomic mass is 10.2. The zero-order valence-electron chi connectivity index (χ0n) is 8.98. The molecule has 1 amide bonds. The summed E-state index contributed by atoms with van der Waals surface area (Å²) in [7, 11) is 0. The van der Waals surface area contributed by atoms with Gasteiger partial charge in [-0.2, -0.15) is 5.10 Å². The standard InChI is InChI=1S/C11H8BrN3O3/c12-7-3-1-2-6(4-7)10(16)13-9-5-8(11(17)18)14-15-9/h1-5H,(H,17,18)(H2,13,14,15,16). The van der Waals surface area contributed by atoms with E-state index in [9.17, 15) is 9.59 Å². The summed E-state index contributed by atoms with van der Waals surface area (Å²) in [5.74, 6) is -1.33. The first-order valence-electron chi connectivity index (χ1n) is 4.92. The average molecular weight is 310 g/mol. The number of aromatic nitrogens is 2. The molecule has 1 heterocycles. The number of rotatable bonds is 3. The molecule has 18 heavy (non-hydrogen) atoms. The highest BCUT2D eigenvalue weighted by Gasteiger charge is 2.11. The summed E-state index contributed by atoms with van der Waals surface area (Å²) in [4.78, 5) is 22.4. The number of halogens is 1. The molecule has 0 saturated heterocycles. The van der Waals surface area contributed by atoms with Crippen LogP contribution in [0.1, 0.15) is 20.8 Å². The van der Waals surface area contributed by atoms with Crippen LogP contribution in [0.2, 0.25) is 0 Å². The maximum atomic E-state index is 11.8. The number of nitrogens with zero attached hydrogens (tertiary/aromatic N) is 1. The van der Waals surface area contributed by atoms with Gasteiger partial charge in [-0.3, -0.25) is 9.89 Å². The smallest absolute Gasteiger partial charge is 0.353 e. The number of amides is 1. The van der Waals surface area contributed by atoms with Crippen LogP contribution in [0.5, 0.6) is 0 Å². The fraction of sp³-hybridized carbons (Fsp3) is 0. The SMILES string of the molecule is O=C(Nc1cc(C(=O)O)[nH]n1)c1cccc(Br)c1. The molecule has 6 nitrogen and oxygen atoms in total. The first-order valence-corrected chi connectivity index (χ1v) is 5.71. The Morgan fingerprint density at radius 1 is 1.33 bits per heavy atom. The van der Waals surface area contributed by atoms with E-state index in [0.717, 1.165) is 4.47 Å². The zero-order valence-corrected chi connectivity index (χ0v) is 10.6. The summed E-state index contributed by atoms with van der Waals surface area (Å²) >= 11 is 3.26. The van der Waals surface area contributed by atoms with Crippen LogP contribution in [0.3, 0.4) is 0 Å². The Bertz CT molecular complexity index is 609. The highest BCUT2D eigenvalue weighted by molar-refractivity contribution is 9.10. The lowest BCUT2D eigenvalue weighted by Crippen LogP contribution is -2.12. The van der Waals surface area contributed by atoms with Crippen molar-refractivity contribution in [2.75, 3.05) is 5.32 Å². The molecule has 92 valence electrons. The predicted molar refractivity (Wildman–Crippen MR) is 67.6 cm³/mol. The maximum absolute atomic E-state index is 11.8. The van der Waals surface area contributed by atoms with E-state index in [1.165, 1.54) is 6.07 Å². The van der Waals surface area contributed by atoms with Crippen LogP contribution in [0.25, 0.3) is 0 Å². The highest BCUT2D eigenvalue weighted by atomic mass is 79.9. The van der Waals surface area contributed by atoms with Gasteiger partial charge in [-0.25, -0.2) is 4.79 Å². The third-order valence-electron chi connectivity index (χ3n) is 2.14. The number of carbonyl (C=O) groups excluding carboxylic acids is 1. The Labute approximate surface area is 110 Å². The van der Waals surface area contributed by atoms with Gasteiger partial charge in [0.05, 0.1) is 0 Å². The fourth-order valence-corrected chi connectivity index (χ4v) is 1.71. The molecule has 0 aliphatic carbocycles.